The smallest absolute Gasteiger partial charge is 0.276 e. The first-order chi connectivity index (χ1) is 14.7. The summed E-state index contributed by atoms with van der Waals surface area (Å²) < 4.78 is 30.7. The van der Waals surface area contributed by atoms with E-state index in [4.69, 9.17) is 4.74 Å². The zero-order valence-electron chi connectivity index (χ0n) is 17.1. The van der Waals surface area contributed by atoms with Crippen LogP contribution in [-0.2, 0) is 14.8 Å². The van der Waals surface area contributed by atoms with Crippen LogP contribution in [0.15, 0.2) is 58.8 Å². The van der Waals surface area contributed by atoms with Gasteiger partial charge in [0.2, 0.25) is 5.91 Å². The maximum Gasteiger partial charge on any atom is 0.276 e. The van der Waals surface area contributed by atoms with Crippen molar-refractivity contribution in [1.29, 1.82) is 0 Å². The highest BCUT2D eigenvalue weighted by Gasteiger charge is 2.23. The van der Waals surface area contributed by atoms with Gasteiger partial charge in [0, 0.05) is 18.2 Å². The quantitative estimate of drug-likeness (QED) is 0.469. The molecule has 0 atom stereocenters. The van der Waals surface area contributed by atoms with E-state index in [1.54, 1.807) is 11.4 Å². The fraction of sp³-hybridized carbons (Fsp3) is 0.143. The number of ether oxygens (including phenoxy) is 1. The molecule has 31 heavy (non-hydrogen) atoms. The van der Waals surface area contributed by atoms with Crippen molar-refractivity contribution >= 4 is 38.9 Å². The molecule has 0 aliphatic carbocycles. The highest BCUT2D eigenvalue weighted by Crippen LogP contribution is 2.29. The number of carbonyl (C=O) groups excluding carboxylic acids is 2. The van der Waals surface area contributed by atoms with Gasteiger partial charge in [-0.3, -0.25) is 15.0 Å². The van der Waals surface area contributed by atoms with Crippen molar-refractivity contribution in [3.05, 3.63) is 64.4 Å². The number of benzene rings is 2. The Balaban J connectivity index is 1.81. The number of nitrogens with one attached hydrogen (secondary N) is 3. The van der Waals surface area contributed by atoms with Crippen molar-refractivity contribution < 1.29 is 22.7 Å². The maximum atomic E-state index is 12.8. The molecule has 0 aliphatic heterocycles. The molecule has 3 aromatic rings. The number of amides is 2. The van der Waals surface area contributed by atoms with E-state index < -0.39 is 15.9 Å². The lowest BCUT2D eigenvalue weighted by Crippen LogP contribution is -2.41. The normalized spacial score (nSPS) is 11.1. The second kappa shape index (κ2) is 9.29. The summed E-state index contributed by atoms with van der Waals surface area (Å²) in [5.74, 6) is -0.880. The minimum Gasteiger partial charge on any atom is -0.495 e. The van der Waals surface area contributed by atoms with Crippen LogP contribution in [0.1, 0.15) is 22.2 Å². The number of thiophene rings is 1. The molecule has 0 saturated heterocycles. The lowest BCUT2D eigenvalue weighted by molar-refractivity contribution is -0.114. The lowest BCUT2D eigenvalue weighted by atomic mass is 10.1. The minimum atomic E-state index is -4.18. The van der Waals surface area contributed by atoms with E-state index in [1.807, 2.05) is 31.2 Å². The molecule has 8 nitrogen and oxygen atoms in total. The molecule has 0 spiro atoms. The van der Waals surface area contributed by atoms with E-state index in [0.717, 1.165) is 11.1 Å². The Kier molecular flexibility index (Phi) is 6.74. The van der Waals surface area contributed by atoms with Crippen LogP contribution in [0.5, 0.6) is 5.75 Å². The summed E-state index contributed by atoms with van der Waals surface area (Å²) in [5, 5.41) is 4.28. The third kappa shape index (κ3) is 5.29. The van der Waals surface area contributed by atoms with E-state index in [0.29, 0.717) is 10.4 Å². The molecule has 0 unspecified atom stereocenters. The number of sulfonamides is 1. The second-order valence-electron chi connectivity index (χ2n) is 6.64. The largest absolute Gasteiger partial charge is 0.495 e. The van der Waals surface area contributed by atoms with Crippen molar-refractivity contribution in [3.63, 3.8) is 0 Å². The van der Waals surface area contributed by atoms with Gasteiger partial charge in [0.25, 0.3) is 15.9 Å². The Bertz CT molecular complexity index is 1220. The van der Waals surface area contributed by atoms with Crippen LogP contribution in [0.4, 0.5) is 5.69 Å². The van der Waals surface area contributed by atoms with Crippen molar-refractivity contribution in [1.82, 2.24) is 10.3 Å². The first kappa shape index (κ1) is 22.5. The molecule has 3 N–H and O–H groups in total. The predicted molar refractivity (Wildman–Crippen MR) is 120 cm³/mol. The van der Waals surface area contributed by atoms with Crippen LogP contribution in [-0.4, -0.2) is 27.3 Å². The fourth-order valence-electron chi connectivity index (χ4n) is 2.84. The predicted octanol–water partition coefficient (Wildman–Crippen LogP) is 3.31. The molecule has 2 aromatic carbocycles. The second-order valence-corrected chi connectivity index (χ2v) is 9.20. The lowest BCUT2D eigenvalue weighted by Gasteiger charge is -2.13. The van der Waals surface area contributed by atoms with E-state index in [9.17, 15) is 18.0 Å². The Morgan fingerprint density at radius 2 is 1.74 bits per heavy atom. The first-order valence-corrected chi connectivity index (χ1v) is 11.5. The summed E-state index contributed by atoms with van der Waals surface area (Å²) in [7, 11) is -2.86. The number of hydrogen-bond donors (Lipinski definition) is 3. The number of methoxy groups -OCH3 is 1. The van der Waals surface area contributed by atoms with Crippen LogP contribution < -0.4 is 20.3 Å². The zero-order valence-corrected chi connectivity index (χ0v) is 18.7. The van der Waals surface area contributed by atoms with Crippen LogP contribution in [0, 0.1) is 6.92 Å². The zero-order chi connectivity index (χ0) is 22.6. The average Bonchev–Trinajstić information content (AvgIpc) is 3.22. The average molecular weight is 460 g/mol. The number of hydrazine groups is 1. The van der Waals surface area contributed by atoms with Gasteiger partial charge in [-0.05, 0) is 42.1 Å². The van der Waals surface area contributed by atoms with Gasteiger partial charge in [-0.25, -0.2) is 8.42 Å². The Morgan fingerprint density at radius 1 is 1.03 bits per heavy atom. The number of aryl methyl sites for hydroxylation is 1. The van der Waals surface area contributed by atoms with E-state index in [-0.39, 0.29) is 22.2 Å². The molecule has 0 bridgehead atoms. The molecule has 0 fully saturated rings. The molecule has 1 aromatic heterocycles. The number of hydrogen-bond acceptors (Lipinski definition) is 6. The standard InChI is InChI=1S/C21H21N3O5S2/c1-13-4-6-15(7-5-13)17-10-11-30-20(17)21(26)23-24-31(27,28)19-12-16(22-14(2)25)8-9-18(19)29-3/h4-12,24H,1-3H3,(H,22,25)(H,23,26). The molecular formula is C21H21N3O5S2. The number of carbonyl (C=O) groups is 2. The van der Waals surface area contributed by atoms with Gasteiger partial charge >= 0.3 is 0 Å². The molecule has 1 heterocycles. The Hall–Kier alpha value is -3.21. The van der Waals surface area contributed by atoms with Gasteiger partial charge in [-0.2, -0.15) is 0 Å². The third-order valence-electron chi connectivity index (χ3n) is 4.31. The minimum absolute atomic E-state index is 0.0623. The SMILES string of the molecule is COc1ccc(NC(C)=O)cc1S(=O)(=O)NNC(=O)c1sccc1-c1ccc(C)cc1. The van der Waals surface area contributed by atoms with Gasteiger partial charge < -0.3 is 10.1 Å². The Labute approximate surface area is 184 Å². The fourth-order valence-corrected chi connectivity index (χ4v) is 4.69. The molecule has 0 saturated carbocycles. The molecule has 2 amide bonds. The van der Waals surface area contributed by atoms with E-state index in [1.165, 1.54) is 43.6 Å². The highest BCUT2D eigenvalue weighted by atomic mass is 32.2. The molecule has 0 aliphatic rings. The summed E-state index contributed by atoms with van der Waals surface area (Å²) in [4.78, 5) is 26.2. The molecule has 10 heteroatoms. The first-order valence-electron chi connectivity index (χ1n) is 9.13. The Morgan fingerprint density at radius 3 is 2.39 bits per heavy atom. The summed E-state index contributed by atoms with van der Waals surface area (Å²) >= 11 is 1.20. The van der Waals surface area contributed by atoms with Gasteiger partial charge in [0.15, 0.2) is 0 Å². The van der Waals surface area contributed by atoms with Gasteiger partial charge in [-0.15, -0.1) is 16.2 Å². The van der Waals surface area contributed by atoms with E-state index in [2.05, 4.69) is 15.6 Å². The molecular weight excluding hydrogens is 438 g/mol. The number of rotatable bonds is 7. The third-order valence-corrected chi connectivity index (χ3v) is 6.49. The summed E-state index contributed by atoms with van der Waals surface area (Å²) in [6.45, 7) is 3.28. The van der Waals surface area contributed by atoms with Crippen LogP contribution in [0.3, 0.4) is 0 Å². The van der Waals surface area contributed by atoms with Gasteiger partial charge in [0.1, 0.15) is 15.5 Å². The van der Waals surface area contributed by atoms with Gasteiger partial charge in [0.05, 0.1) is 7.11 Å². The summed E-state index contributed by atoms with van der Waals surface area (Å²) in [6, 6.07) is 13.6. The van der Waals surface area contributed by atoms with Crippen LogP contribution in [0.2, 0.25) is 0 Å². The summed E-state index contributed by atoms with van der Waals surface area (Å²) in [6.07, 6.45) is 0. The topological polar surface area (TPSA) is 114 Å². The van der Waals surface area contributed by atoms with Crippen molar-refractivity contribution in [2.75, 3.05) is 12.4 Å². The highest BCUT2D eigenvalue weighted by molar-refractivity contribution is 7.89. The van der Waals surface area contributed by atoms with E-state index >= 15 is 0 Å². The molecule has 3 rings (SSSR count). The van der Waals surface area contributed by atoms with Crippen molar-refractivity contribution in [2.24, 2.45) is 0 Å². The monoisotopic (exact) mass is 459 g/mol. The number of anilines is 1. The van der Waals surface area contributed by atoms with Crippen molar-refractivity contribution in [2.45, 2.75) is 18.7 Å². The van der Waals surface area contributed by atoms with Crippen molar-refractivity contribution in [3.8, 4) is 16.9 Å². The van der Waals surface area contributed by atoms with Gasteiger partial charge in [-0.1, -0.05) is 29.8 Å². The maximum absolute atomic E-state index is 12.8. The van der Waals surface area contributed by atoms with Crippen LogP contribution >= 0.6 is 11.3 Å². The summed E-state index contributed by atoms with van der Waals surface area (Å²) in [5.41, 5.74) is 5.17. The molecule has 0 radical (unpaired) electrons. The molecule has 162 valence electrons. The van der Waals surface area contributed by atoms with Crippen LogP contribution in [0.25, 0.3) is 11.1 Å².